The molecule has 2 fully saturated rings. The first-order valence-electron chi connectivity index (χ1n) is 16.4. The standard InChI is InChI=1S/C28H43N7O3.C6H12/c1-6-14-28(3,15-7-2)19-10-12-20(13-11-19)31-26-24(25(29)37)30-17-23(33-26)35-16-8-9-21(22(35)18-36)32-27(38)34(4)5;1-6-4-2-3-5-6/h10-13,17,21-22,36H,6-9,14-16,18H2,1-5H3,(H2,29,37)(H,31,33)(H,32,38);6H,2-5H2,1H3. The van der Waals surface area contributed by atoms with Crippen molar-refractivity contribution in [3.63, 3.8) is 0 Å². The van der Waals surface area contributed by atoms with Crippen molar-refractivity contribution in [1.29, 1.82) is 0 Å². The Morgan fingerprint density at radius 3 is 2.20 bits per heavy atom. The average Bonchev–Trinajstić information content (AvgIpc) is 3.48. The number of nitrogens with zero attached hydrogens (tertiary/aromatic N) is 4. The Hall–Kier alpha value is -3.40. The fourth-order valence-corrected chi connectivity index (χ4v) is 6.55. The van der Waals surface area contributed by atoms with Gasteiger partial charge in [0, 0.05) is 26.3 Å². The first-order chi connectivity index (χ1) is 21.0. The highest BCUT2D eigenvalue weighted by Gasteiger charge is 2.34. The number of nitrogens with two attached hydrogens (primary N) is 1. The number of carbonyl (C=O) groups excluding carboxylic acids is 2. The second-order valence-corrected chi connectivity index (χ2v) is 13.0. The molecule has 1 saturated carbocycles. The Bertz CT molecular complexity index is 1190. The number of hydrogen-bond donors (Lipinski definition) is 4. The maximum Gasteiger partial charge on any atom is 0.317 e. The summed E-state index contributed by atoms with van der Waals surface area (Å²) in [4.78, 5) is 36.9. The number of benzene rings is 1. The number of aromatic nitrogens is 2. The van der Waals surface area contributed by atoms with Crippen LogP contribution in [0.3, 0.4) is 0 Å². The number of primary amides is 1. The normalized spacial score (nSPS) is 18.8. The van der Waals surface area contributed by atoms with Crippen molar-refractivity contribution in [2.75, 3.05) is 37.5 Å². The summed E-state index contributed by atoms with van der Waals surface area (Å²) in [6, 6.07) is 7.36. The summed E-state index contributed by atoms with van der Waals surface area (Å²) in [6.45, 7) is 9.54. The van der Waals surface area contributed by atoms with E-state index in [0.29, 0.717) is 12.4 Å². The molecule has 1 aliphatic heterocycles. The number of rotatable bonds is 11. The van der Waals surface area contributed by atoms with Crippen LogP contribution in [0.4, 0.5) is 22.1 Å². The number of nitrogens with one attached hydrogen (secondary N) is 2. The third-order valence-electron chi connectivity index (χ3n) is 9.06. The number of urea groups is 1. The highest BCUT2D eigenvalue weighted by atomic mass is 16.3. The predicted octanol–water partition coefficient (Wildman–Crippen LogP) is 5.97. The van der Waals surface area contributed by atoms with E-state index in [-0.39, 0.29) is 41.6 Å². The summed E-state index contributed by atoms with van der Waals surface area (Å²) in [7, 11) is 3.35. The van der Waals surface area contributed by atoms with Gasteiger partial charge in [-0.25, -0.2) is 14.8 Å². The van der Waals surface area contributed by atoms with Crippen LogP contribution >= 0.6 is 0 Å². The van der Waals surface area contributed by atoms with E-state index in [2.05, 4.69) is 55.4 Å². The van der Waals surface area contributed by atoms with Crippen LogP contribution in [0.5, 0.6) is 0 Å². The van der Waals surface area contributed by atoms with E-state index < -0.39 is 5.91 Å². The van der Waals surface area contributed by atoms with Gasteiger partial charge in [0.1, 0.15) is 5.82 Å². The Labute approximate surface area is 264 Å². The molecule has 1 aromatic heterocycles. The summed E-state index contributed by atoms with van der Waals surface area (Å²) >= 11 is 0. The van der Waals surface area contributed by atoms with Crippen LogP contribution in [0.15, 0.2) is 30.5 Å². The molecular weight excluding hydrogens is 554 g/mol. The van der Waals surface area contributed by atoms with Gasteiger partial charge in [-0.1, -0.05) is 78.4 Å². The van der Waals surface area contributed by atoms with Gasteiger partial charge in [0.05, 0.1) is 24.9 Å². The number of anilines is 3. The molecule has 1 aromatic carbocycles. The Kier molecular flexibility index (Phi) is 13.2. The van der Waals surface area contributed by atoms with Gasteiger partial charge in [-0.05, 0) is 54.7 Å². The quantitative estimate of drug-likeness (QED) is 0.246. The van der Waals surface area contributed by atoms with Crippen LogP contribution in [0.2, 0.25) is 0 Å². The molecule has 4 rings (SSSR count). The monoisotopic (exact) mass is 609 g/mol. The summed E-state index contributed by atoms with van der Waals surface area (Å²) in [5.41, 5.74) is 7.82. The molecule has 3 amide bonds. The average molecular weight is 610 g/mol. The lowest BCUT2D eigenvalue weighted by Gasteiger charge is -2.41. The maximum absolute atomic E-state index is 12.3. The predicted molar refractivity (Wildman–Crippen MR) is 179 cm³/mol. The molecule has 2 aromatic rings. The first-order valence-corrected chi connectivity index (χ1v) is 16.4. The van der Waals surface area contributed by atoms with Gasteiger partial charge in [-0.15, -0.1) is 0 Å². The third-order valence-corrected chi connectivity index (χ3v) is 9.06. The number of aliphatic hydroxyl groups excluding tert-OH is 1. The van der Waals surface area contributed by atoms with Crippen molar-refractivity contribution in [2.45, 2.75) is 109 Å². The SMILES string of the molecule is CC1CCCC1.CCCC(C)(CCC)c1ccc(Nc2nc(N3CCCC(NC(=O)N(C)C)C3CO)cnc2C(N)=O)cc1. The van der Waals surface area contributed by atoms with Crippen LogP contribution in [0.25, 0.3) is 0 Å². The molecule has 0 radical (unpaired) electrons. The van der Waals surface area contributed by atoms with Crippen molar-refractivity contribution >= 4 is 29.3 Å². The van der Waals surface area contributed by atoms with Crippen molar-refractivity contribution in [2.24, 2.45) is 11.7 Å². The lowest BCUT2D eigenvalue weighted by atomic mass is 9.75. The van der Waals surface area contributed by atoms with Crippen LogP contribution in [0.1, 0.15) is 108 Å². The first kappa shape index (κ1) is 35.1. The Morgan fingerprint density at radius 2 is 1.70 bits per heavy atom. The van der Waals surface area contributed by atoms with E-state index in [0.717, 1.165) is 50.1 Å². The smallest absolute Gasteiger partial charge is 0.317 e. The van der Waals surface area contributed by atoms with Crippen LogP contribution < -0.4 is 21.3 Å². The van der Waals surface area contributed by atoms with Crippen LogP contribution in [-0.4, -0.2) is 71.2 Å². The highest BCUT2D eigenvalue weighted by molar-refractivity contribution is 5.96. The fraction of sp³-hybridized carbons (Fsp3) is 0.647. The third kappa shape index (κ3) is 9.30. The van der Waals surface area contributed by atoms with Crippen molar-refractivity contribution in [3.05, 3.63) is 41.7 Å². The van der Waals surface area contributed by atoms with E-state index >= 15 is 0 Å². The molecule has 244 valence electrons. The summed E-state index contributed by atoms with van der Waals surface area (Å²) < 4.78 is 0. The zero-order chi connectivity index (χ0) is 32.3. The van der Waals surface area contributed by atoms with Gasteiger partial charge >= 0.3 is 6.03 Å². The number of aliphatic hydroxyl groups is 1. The molecule has 2 unspecified atom stereocenters. The van der Waals surface area contributed by atoms with Gasteiger partial charge in [-0.3, -0.25) is 4.79 Å². The lowest BCUT2D eigenvalue weighted by Crippen LogP contribution is -2.58. The molecule has 2 heterocycles. The summed E-state index contributed by atoms with van der Waals surface area (Å²) in [5, 5.41) is 16.4. The topological polar surface area (TPSA) is 137 Å². The van der Waals surface area contributed by atoms with Gasteiger partial charge in [-0.2, -0.15) is 0 Å². The molecule has 2 aliphatic rings. The van der Waals surface area contributed by atoms with Gasteiger partial charge < -0.3 is 31.3 Å². The minimum atomic E-state index is -0.685. The molecule has 0 bridgehead atoms. The van der Waals surface area contributed by atoms with Crippen molar-refractivity contribution in [1.82, 2.24) is 20.2 Å². The zero-order valence-corrected chi connectivity index (χ0v) is 27.7. The van der Waals surface area contributed by atoms with Crippen LogP contribution in [0, 0.1) is 5.92 Å². The number of hydrogen-bond acceptors (Lipinski definition) is 7. The number of piperidine rings is 1. The molecule has 1 saturated heterocycles. The molecule has 2 atom stereocenters. The number of carbonyl (C=O) groups is 2. The van der Waals surface area contributed by atoms with E-state index in [1.807, 2.05) is 17.0 Å². The van der Waals surface area contributed by atoms with E-state index in [9.17, 15) is 14.7 Å². The minimum Gasteiger partial charge on any atom is -0.394 e. The summed E-state index contributed by atoms with van der Waals surface area (Å²) in [5.74, 6) is 1.11. The largest absolute Gasteiger partial charge is 0.394 e. The highest BCUT2D eigenvalue weighted by Crippen LogP contribution is 2.35. The maximum atomic E-state index is 12.3. The van der Waals surface area contributed by atoms with Gasteiger partial charge in [0.15, 0.2) is 11.5 Å². The second-order valence-electron chi connectivity index (χ2n) is 13.0. The number of amides is 3. The van der Waals surface area contributed by atoms with E-state index in [4.69, 9.17) is 10.7 Å². The molecule has 0 spiro atoms. The Morgan fingerprint density at radius 1 is 1.07 bits per heavy atom. The van der Waals surface area contributed by atoms with Gasteiger partial charge in [0.25, 0.3) is 5.91 Å². The Balaban J connectivity index is 0.000000785. The molecule has 1 aliphatic carbocycles. The minimum absolute atomic E-state index is 0.0367. The summed E-state index contributed by atoms with van der Waals surface area (Å²) in [6.07, 6.45) is 13.4. The molecule has 44 heavy (non-hydrogen) atoms. The lowest BCUT2D eigenvalue weighted by molar-refractivity contribution is 0.0996. The van der Waals surface area contributed by atoms with Gasteiger partial charge in [0.2, 0.25) is 0 Å². The molecule has 10 nitrogen and oxygen atoms in total. The molecule has 5 N–H and O–H groups in total. The fourth-order valence-electron chi connectivity index (χ4n) is 6.55. The van der Waals surface area contributed by atoms with Crippen molar-refractivity contribution in [3.8, 4) is 0 Å². The van der Waals surface area contributed by atoms with E-state index in [1.165, 1.54) is 42.3 Å². The molecular formula is C34H55N7O3. The zero-order valence-electron chi connectivity index (χ0n) is 27.7. The van der Waals surface area contributed by atoms with Crippen molar-refractivity contribution < 1.29 is 14.7 Å². The van der Waals surface area contributed by atoms with E-state index in [1.54, 1.807) is 14.1 Å². The van der Waals surface area contributed by atoms with Crippen LogP contribution in [-0.2, 0) is 5.41 Å². The molecule has 10 heteroatoms. The second kappa shape index (κ2) is 16.6.